The summed E-state index contributed by atoms with van der Waals surface area (Å²) in [5, 5.41) is 1.75. The highest BCUT2D eigenvalue weighted by molar-refractivity contribution is 7.89. The van der Waals surface area contributed by atoms with E-state index in [0.717, 1.165) is 22.9 Å². The summed E-state index contributed by atoms with van der Waals surface area (Å²) < 4.78 is 40.3. The zero-order valence-corrected chi connectivity index (χ0v) is 19.3. The second-order valence-corrected chi connectivity index (χ2v) is 10.3. The topological polar surface area (TPSA) is 104 Å². The van der Waals surface area contributed by atoms with Gasteiger partial charge in [-0.05, 0) is 72.7 Å². The minimum Gasteiger partial charge on any atom is -0.273 e. The maximum absolute atomic E-state index is 13.0. The molecule has 0 radical (unpaired) electrons. The lowest BCUT2D eigenvalue weighted by Gasteiger charge is -2.27. The SMILES string of the molecule is O=C(NNC(=O)C1CCC(CNS(=O)(=O)c2ccc(F)cc2)CC1)c1cccc2ccccc12. The number of amides is 2. The van der Waals surface area contributed by atoms with Crippen LogP contribution in [0.15, 0.2) is 71.6 Å². The molecule has 7 nitrogen and oxygen atoms in total. The second-order valence-electron chi connectivity index (χ2n) is 8.49. The fourth-order valence-corrected chi connectivity index (χ4v) is 5.38. The van der Waals surface area contributed by atoms with E-state index in [2.05, 4.69) is 15.6 Å². The molecule has 1 aliphatic carbocycles. The summed E-state index contributed by atoms with van der Waals surface area (Å²) in [7, 11) is -3.71. The van der Waals surface area contributed by atoms with Crippen LogP contribution in [0.1, 0.15) is 36.0 Å². The highest BCUT2D eigenvalue weighted by atomic mass is 32.2. The first-order valence-electron chi connectivity index (χ1n) is 11.2. The molecule has 0 unspecified atom stereocenters. The van der Waals surface area contributed by atoms with Crippen LogP contribution in [-0.4, -0.2) is 26.8 Å². The molecule has 3 N–H and O–H groups in total. The predicted octanol–water partition coefficient (Wildman–Crippen LogP) is 3.52. The summed E-state index contributed by atoms with van der Waals surface area (Å²) in [5.74, 6) is -1.28. The molecule has 3 aromatic carbocycles. The molecule has 9 heteroatoms. The van der Waals surface area contributed by atoms with Crippen LogP contribution in [0.5, 0.6) is 0 Å². The monoisotopic (exact) mass is 483 g/mol. The Morgan fingerprint density at radius 1 is 0.853 bits per heavy atom. The van der Waals surface area contributed by atoms with Gasteiger partial charge in [-0.1, -0.05) is 36.4 Å². The molecule has 0 heterocycles. The van der Waals surface area contributed by atoms with Crippen molar-refractivity contribution in [1.29, 1.82) is 0 Å². The van der Waals surface area contributed by atoms with Crippen molar-refractivity contribution in [1.82, 2.24) is 15.6 Å². The smallest absolute Gasteiger partial charge is 0.270 e. The van der Waals surface area contributed by atoms with E-state index < -0.39 is 15.8 Å². The average Bonchev–Trinajstić information content (AvgIpc) is 2.86. The normalized spacial score (nSPS) is 18.4. The van der Waals surface area contributed by atoms with Crippen molar-refractivity contribution in [2.75, 3.05) is 6.54 Å². The number of halogens is 1. The third kappa shape index (κ3) is 5.60. The molecule has 34 heavy (non-hydrogen) atoms. The molecular formula is C25H26FN3O4S. The van der Waals surface area contributed by atoms with E-state index in [1.807, 2.05) is 30.3 Å². The third-order valence-corrected chi connectivity index (χ3v) is 7.68. The first kappa shape index (κ1) is 23.8. The summed E-state index contributed by atoms with van der Waals surface area (Å²) in [5.41, 5.74) is 5.52. The van der Waals surface area contributed by atoms with Crippen LogP contribution in [0.4, 0.5) is 4.39 Å². The fraction of sp³-hybridized carbons (Fsp3) is 0.280. The Bertz CT molecular complexity index is 1280. The summed E-state index contributed by atoms with van der Waals surface area (Å²) in [6.45, 7) is 0.256. The van der Waals surface area contributed by atoms with Gasteiger partial charge < -0.3 is 0 Å². The Balaban J connectivity index is 1.24. The number of benzene rings is 3. The number of hydrogen-bond donors (Lipinski definition) is 3. The molecular weight excluding hydrogens is 457 g/mol. The van der Waals surface area contributed by atoms with E-state index >= 15 is 0 Å². The van der Waals surface area contributed by atoms with Crippen LogP contribution in [0.3, 0.4) is 0 Å². The van der Waals surface area contributed by atoms with Gasteiger partial charge in [0.25, 0.3) is 5.91 Å². The van der Waals surface area contributed by atoms with Gasteiger partial charge in [0.1, 0.15) is 5.82 Å². The van der Waals surface area contributed by atoms with Crippen LogP contribution in [0.25, 0.3) is 10.8 Å². The van der Waals surface area contributed by atoms with Crippen molar-refractivity contribution in [3.63, 3.8) is 0 Å². The van der Waals surface area contributed by atoms with Gasteiger partial charge in [-0.25, -0.2) is 17.5 Å². The number of carbonyl (C=O) groups is 2. The van der Waals surface area contributed by atoms with Gasteiger partial charge in [0.2, 0.25) is 15.9 Å². The Hall–Kier alpha value is -3.30. The quantitative estimate of drug-likeness (QED) is 0.467. The van der Waals surface area contributed by atoms with E-state index in [1.165, 1.54) is 12.1 Å². The van der Waals surface area contributed by atoms with E-state index in [9.17, 15) is 22.4 Å². The van der Waals surface area contributed by atoms with E-state index in [-0.39, 0.29) is 35.1 Å². The highest BCUT2D eigenvalue weighted by Gasteiger charge is 2.27. The standard InChI is InChI=1S/C25H26FN3O4S/c26-20-12-14-21(15-13-20)34(32,33)27-16-17-8-10-19(11-9-17)24(30)28-29-25(31)23-7-3-5-18-4-1-2-6-22(18)23/h1-7,12-15,17,19,27H,8-11,16H2,(H,28,30)(H,29,31). The van der Waals surface area contributed by atoms with Crippen LogP contribution in [0.2, 0.25) is 0 Å². The molecule has 0 aliphatic heterocycles. The summed E-state index contributed by atoms with van der Waals surface area (Å²) in [4.78, 5) is 25.2. The number of carbonyl (C=O) groups excluding carboxylic acids is 2. The molecule has 2 amide bonds. The molecule has 0 atom stereocenters. The Morgan fingerprint density at radius 2 is 1.53 bits per heavy atom. The Labute approximate surface area is 197 Å². The minimum atomic E-state index is -3.71. The molecule has 3 aromatic rings. The Morgan fingerprint density at radius 3 is 2.26 bits per heavy atom. The van der Waals surface area contributed by atoms with Crippen molar-refractivity contribution >= 4 is 32.6 Å². The first-order chi connectivity index (χ1) is 16.3. The number of hydrazine groups is 1. The van der Waals surface area contributed by atoms with Crippen molar-refractivity contribution in [3.8, 4) is 0 Å². The van der Waals surface area contributed by atoms with Gasteiger partial charge in [-0.15, -0.1) is 0 Å². The fourth-order valence-electron chi connectivity index (χ4n) is 4.26. The van der Waals surface area contributed by atoms with Gasteiger partial charge in [0.15, 0.2) is 0 Å². The number of nitrogens with one attached hydrogen (secondary N) is 3. The predicted molar refractivity (Wildman–Crippen MR) is 127 cm³/mol. The van der Waals surface area contributed by atoms with Crippen molar-refractivity contribution in [2.24, 2.45) is 11.8 Å². The largest absolute Gasteiger partial charge is 0.273 e. The number of rotatable bonds is 6. The van der Waals surface area contributed by atoms with E-state index in [0.29, 0.717) is 31.2 Å². The van der Waals surface area contributed by atoms with Crippen LogP contribution in [-0.2, 0) is 14.8 Å². The molecule has 0 spiro atoms. The maximum atomic E-state index is 13.0. The zero-order valence-electron chi connectivity index (χ0n) is 18.5. The summed E-state index contributed by atoms with van der Waals surface area (Å²) in [6.07, 6.45) is 2.56. The van der Waals surface area contributed by atoms with Crippen LogP contribution >= 0.6 is 0 Å². The second kappa shape index (κ2) is 10.3. The number of fused-ring (bicyclic) bond motifs is 1. The molecule has 0 saturated heterocycles. The Kier molecular flexibility index (Phi) is 7.23. The number of hydrogen-bond acceptors (Lipinski definition) is 4. The molecule has 0 aromatic heterocycles. The van der Waals surface area contributed by atoms with Crippen molar-refractivity contribution in [2.45, 2.75) is 30.6 Å². The molecule has 1 fully saturated rings. The maximum Gasteiger partial charge on any atom is 0.270 e. The van der Waals surface area contributed by atoms with Gasteiger partial charge in [-0.2, -0.15) is 0 Å². The lowest BCUT2D eigenvalue weighted by molar-refractivity contribution is -0.127. The molecule has 4 rings (SSSR count). The zero-order chi connectivity index (χ0) is 24.1. The first-order valence-corrected chi connectivity index (χ1v) is 12.6. The van der Waals surface area contributed by atoms with Gasteiger partial charge in [-0.3, -0.25) is 20.4 Å². The van der Waals surface area contributed by atoms with Crippen LogP contribution in [0, 0.1) is 17.7 Å². The van der Waals surface area contributed by atoms with E-state index in [1.54, 1.807) is 12.1 Å². The molecule has 0 bridgehead atoms. The van der Waals surface area contributed by atoms with Crippen molar-refractivity contribution in [3.05, 3.63) is 78.1 Å². The lowest BCUT2D eigenvalue weighted by Crippen LogP contribution is -2.45. The van der Waals surface area contributed by atoms with Gasteiger partial charge in [0, 0.05) is 18.0 Å². The summed E-state index contributed by atoms with van der Waals surface area (Å²) in [6, 6.07) is 17.6. The molecule has 1 aliphatic rings. The average molecular weight is 484 g/mol. The van der Waals surface area contributed by atoms with Crippen LogP contribution < -0.4 is 15.6 Å². The van der Waals surface area contributed by atoms with Gasteiger partial charge >= 0.3 is 0 Å². The highest BCUT2D eigenvalue weighted by Crippen LogP contribution is 2.29. The number of sulfonamides is 1. The van der Waals surface area contributed by atoms with Crippen molar-refractivity contribution < 1.29 is 22.4 Å². The molecule has 1 saturated carbocycles. The minimum absolute atomic E-state index is 0.0175. The summed E-state index contributed by atoms with van der Waals surface area (Å²) >= 11 is 0. The third-order valence-electron chi connectivity index (χ3n) is 6.24. The van der Waals surface area contributed by atoms with E-state index in [4.69, 9.17) is 0 Å². The lowest BCUT2D eigenvalue weighted by atomic mass is 9.82. The molecule has 178 valence electrons. The van der Waals surface area contributed by atoms with Gasteiger partial charge in [0.05, 0.1) is 4.90 Å².